The highest BCUT2D eigenvalue weighted by Crippen LogP contribution is 2.25. The number of hydrogen-bond acceptors (Lipinski definition) is 4. The summed E-state index contributed by atoms with van der Waals surface area (Å²) in [4.78, 5) is 30.4. The van der Waals surface area contributed by atoms with Crippen molar-refractivity contribution in [3.63, 3.8) is 0 Å². The van der Waals surface area contributed by atoms with Gasteiger partial charge in [0.25, 0.3) is 5.91 Å². The van der Waals surface area contributed by atoms with Gasteiger partial charge in [-0.15, -0.1) is 0 Å². The first kappa shape index (κ1) is 28.4. The molecule has 0 atom stereocenters. The van der Waals surface area contributed by atoms with Crippen LogP contribution in [0.5, 0.6) is 5.75 Å². The van der Waals surface area contributed by atoms with Gasteiger partial charge in [0, 0.05) is 38.1 Å². The molecule has 0 bridgehead atoms. The van der Waals surface area contributed by atoms with Crippen LogP contribution in [0.25, 0.3) is 0 Å². The molecule has 208 valence electrons. The van der Waals surface area contributed by atoms with Gasteiger partial charge in [-0.25, -0.2) is 4.39 Å². The maximum atomic E-state index is 13.8. The lowest BCUT2D eigenvalue weighted by Crippen LogP contribution is -2.49. The lowest BCUT2D eigenvalue weighted by molar-refractivity contribution is -0.144. The highest BCUT2D eigenvalue weighted by Gasteiger charge is 2.29. The zero-order valence-electron chi connectivity index (χ0n) is 22.6. The fourth-order valence-electron chi connectivity index (χ4n) is 5.02. The Morgan fingerprint density at radius 2 is 1.69 bits per heavy atom. The quantitative estimate of drug-likeness (QED) is 0.313. The van der Waals surface area contributed by atoms with E-state index >= 15 is 0 Å². The molecule has 1 fully saturated rings. The highest BCUT2D eigenvalue weighted by atomic mass is 19.1. The van der Waals surface area contributed by atoms with E-state index in [-0.39, 0.29) is 36.8 Å². The topological polar surface area (TPSA) is 64.0 Å². The van der Waals surface area contributed by atoms with Crippen LogP contribution in [0.15, 0.2) is 72.9 Å². The first-order valence-electron chi connectivity index (χ1n) is 13.7. The average Bonchev–Trinajstić information content (AvgIpc) is 3.41. The molecule has 2 aromatic carbocycles. The standard InChI is InChI=1S/C31H38FN3O4/c1-38-20-19-34(31(37)24-39-29-12-6-3-7-13-29)23-30(36)35(27-9-4-2-5-10-27)22-28-11-8-18-33(28)21-25-14-16-26(32)17-15-25/h3,6-8,11-18,27H,2,4-5,9-10,19-24H2,1H3. The molecule has 7 nitrogen and oxygen atoms in total. The number of hydrogen-bond donors (Lipinski definition) is 0. The molecule has 1 aromatic heterocycles. The van der Waals surface area contributed by atoms with Gasteiger partial charge in [0.15, 0.2) is 6.61 Å². The summed E-state index contributed by atoms with van der Waals surface area (Å²) in [5.74, 6) is 0.00466. The zero-order chi connectivity index (χ0) is 27.5. The minimum Gasteiger partial charge on any atom is -0.484 e. The van der Waals surface area contributed by atoms with E-state index in [1.165, 1.54) is 23.5 Å². The maximum Gasteiger partial charge on any atom is 0.261 e. The van der Waals surface area contributed by atoms with Crippen LogP contribution in [0.1, 0.15) is 43.4 Å². The van der Waals surface area contributed by atoms with Crippen molar-refractivity contribution in [3.8, 4) is 5.75 Å². The van der Waals surface area contributed by atoms with Crippen molar-refractivity contribution in [2.24, 2.45) is 0 Å². The molecule has 1 aliphatic rings. The monoisotopic (exact) mass is 535 g/mol. The predicted molar refractivity (Wildman–Crippen MR) is 148 cm³/mol. The molecule has 3 aromatic rings. The fourth-order valence-corrected chi connectivity index (χ4v) is 5.02. The van der Waals surface area contributed by atoms with Gasteiger partial charge in [0.2, 0.25) is 5.91 Å². The third kappa shape index (κ3) is 8.42. The van der Waals surface area contributed by atoms with Gasteiger partial charge >= 0.3 is 0 Å². The second-order valence-electron chi connectivity index (χ2n) is 9.98. The van der Waals surface area contributed by atoms with Crippen molar-refractivity contribution in [2.75, 3.05) is 33.4 Å². The van der Waals surface area contributed by atoms with Crippen molar-refractivity contribution >= 4 is 11.8 Å². The van der Waals surface area contributed by atoms with E-state index in [1.54, 1.807) is 31.4 Å². The van der Waals surface area contributed by atoms with Crippen molar-refractivity contribution in [1.82, 2.24) is 14.4 Å². The lowest BCUT2D eigenvalue weighted by Gasteiger charge is -2.36. The molecule has 0 aliphatic heterocycles. The summed E-state index contributed by atoms with van der Waals surface area (Å²) in [6.45, 7) is 1.49. The number of rotatable bonds is 13. The Hall–Kier alpha value is -3.65. The number of methoxy groups -OCH3 is 1. The number of para-hydroxylation sites is 1. The number of carbonyl (C=O) groups excluding carboxylic acids is 2. The van der Waals surface area contributed by atoms with Gasteiger partial charge in [-0.3, -0.25) is 9.59 Å². The Labute approximate surface area is 230 Å². The maximum absolute atomic E-state index is 13.8. The fraction of sp³-hybridized carbons (Fsp3) is 0.419. The molecule has 1 saturated carbocycles. The number of nitrogens with zero attached hydrogens (tertiary/aromatic N) is 3. The smallest absolute Gasteiger partial charge is 0.261 e. The molecule has 1 aliphatic carbocycles. The normalized spacial score (nSPS) is 13.7. The second kappa shape index (κ2) is 14.5. The van der Waals surface area contributed by atoms with Gasteiger partial charge in [0.05, 0.1) is 19.7 Å². The van der Waals surface area contributed by atoms with Gasteiger partial charge < -0.3 is 23.8 Å². The highest BCUT2D eigenvalue weighted by molar-refractivity contribution is 5.85. The molecule has 0 spiro atoms. The molecule has 2 amide bonds. The number of halogens is 1. The van der Waals surface area contributed by atoms with Crippen molar-refractivity contribution < 1.29 is 23.5 Å². The SMILES string of the molecule is COCCN(CC(=O)N(Cc1cccn1Cc1ccc(F)cc1)C1CCCCC1)C(=O)COc1ccccc1. The van der Waals surface area contributed by atoms with E-state index < -0.39 is 0 Å². The first-order chi connectivity index (χ1) is 19.0. The van der Waals surface area contributed by atoms with Crippen LogP contribution in [-0.4, -0.2) is 65.6 Å². The molecule has 0 radical (unpaired) electrons. The molecule has 8 heteroatoms. The van der Waals surface area contributed by atoms with Crippen LogP contribution in [0.3, 0.4) is 0 Å². The van der Waals surface area contributed by atoms with Crippen LogP contribution in [0.2, 0.25) is 0 Å². The molecule has 0 unspecified atom stereocenters. The van der Waals surface area contributed by atoms with Gasteiger partial charge in [-0.05, 0) is 54.8 Å². The first-order valence-corrected chi connectivity index (χ1v) is 13.7. The van der Waals surface area contributed by atoms with E-state index in [9.17, 15) is 14.0 Å². The summed E-state index contributed by atoms with van der Waals surface area (Å²) >= 11 is 0. The lowest BCUT2D eigenvalue weighted by atomic mass is 9.94. The molecule has 4 rings (SSSR count). The van der Waals surface area contributed by atoms with Crippen LogP contribution >= 0.6 is 0 Å². The Kier molecular flexibility index (Phi) is 10.5. The van der Waals surface area contributed by atoms with E-state index in [1.807, 2.05) is 41.4 Å². The Morgan fingerprint density at radius 1 is 0.949 bits per heavy atom. The molecule has 39 heavy (non-hydrogen) atoms. The van der Waals surface area contributed by atoms with Gasteiger partial charge in [0.1, 0.15) is 11.6 Å². The zero-order valence-corrected chi connectivity index (χ0v) is 22.6. The van der Waals surface area contributed by atoms with E-state index in [0.717, 1.165) is 36.9 Å². The van der Waals surface area contributed by atoms with E-state index in [0.29, 0.717) is 32.0 Å². The molecule has 1 heterocycles. The predicted octanol–water partition coefficient (Wildman–Crippen LogP) is 4.89. The summed E-state index contributed by atoms with van der Waals surface area (Å²) in [6.07, 6.45) is 7.23. The number of carbonyl (C=O) groups is 2. The Balaban J connectivity index is 1.47. The molecular weight excluding hydrogens is 497 g/mol. The Bertz CT molecular complexity index is 1180. The van der Waals surface area contributed by atoms with Gasteiger partial charge in [-0.2, -0.15) is 0 Å². The summed E-state index contributed by atoms with van der Waals surface area (Å²) in [6, 6.07) is 19.8. The number of amides is 2. The third-order valence-electron chi connectivity index (χ3n) is 7.21. The molecular formula is C31H38FN3O4. The van der Waals surface area contributed by atoms with Crippen LogP contribution in [0.4, 0.5) is 4.39 Å². The summed E-state index contributed by atoms with van der Waals surface area (Å²) in [5, 5.41) is 0. The van der Waals surface area contributed by atoms with E-state index in [4.69, 9.17) is 9.47 Å². The van der Waals surface area contributed by atoms with Crippen molar-refractivity contribution in [2.45, 2.75) is 51.2 Å². The Morgan fingerprint density at radius 3 is 2.41 bits per heavy atom. The van der Waals surface area contributed by atoms with Crippen molar-refractivity contribution in [1.29, 1.82) is 0 Å². The third-order valence-corrected chi connectivity index (χ3v) is 7.21. The molecule has 0 N–H and O–H groups in total. The number of aromatic nitrogens is 1. The number of ether oxygens (including phenoxy) is 2. The van der Waals surface area contributed by atoms with Crippen molar-refractivity contribution in [3.05, 3.63) is 90.0 Å². The van der Waals surface area contributed by atoms with Crippen LogP contribution in [-0.2, 0) is 27.4 Å². The largest absolute Gasteiger partial charge is 0.484 e. The van der Waals surface area contributed by atoms with E-state index in [2.05, 4.69) is 4.57 Å². The van der Waals surface area contributed by atoms with Crippen LogP contribution < -0.4 is 4.74 Å². The molecule has 0 saturated heterocycles. The summed E-state index contributed by atoms with van der Waals surface area (Å²) < 4.78 is 26.4. The van der Waals surface area contributed by atoms with Gasteiger partial charge in [-0.1, -0.05) is 49.6 Å². The van der Waals surface area contributed by atoms with Crippen LogP contribution in [0, 0.1) is 5.82 Å². The minimum absolute atomic E-state index is 0.0322. The average molecular weight is 536 g/mol. The second-order valence-corrected chi connectivity index (χ2v) is 9.98. The summed E-state index contributed by atoms with van der Waals surface area (Å²) in [5.41, 5.74) is 1.99. The number of benzene rings is 2. The minimum atomic E-state index is -0.262. The summed E-state index contributed by atoms with van der Waals surface area (Å²) in [7, 11) is 1.58.